The van der Waals surface area contributed by atoms with Crippen molar-refractivity contribution in [3.05, 3.63) is 80.6 Å². The van der Waals surface area contributed by atoms with Crippen LogP contribution in [0.15, 0.2) is 45.7 Å². The maximum atomic E-state index is 12.9. The van der Waals surface area contributed by atoms with Crippen molar-refractivity contribution in [1.82, 2.24) is 19.4 Å². The van der Waals surface area contributed by atoms with Gasteiger partial charge >= 0.3 is 5.69 Å². The van der Waals surface area contributed by atoms with Crippen molar-refractivity contribution in [1.29, 1.82) is 0 Å². The van der Waals surface area contributed by atoms with Crippen LogP contribution < -0.4 is 5.69 Å². The normalized spacial score (nSPS) is 16.5. The number of likely N-dealkylation sites (tertiary alicyclic amines) is 1. The van der Waals surface area contributed by atoms with Gasteiger partial charge in [0.05, 0.1) is 12.1 Å². The van der Waals surface area contributed by atoms with Gasteiger partial charge in [0.25, 0.3) is 0 Å². The van der Waals surface area contributed by atoms with Gasteiger partial charge in [-0.3, -0.25) is 9.36 Å². The lowest BCUT2D eigenvalue weighted by Crippen LogP contribution is -2.42. The zero-order valence-electron chi connectivity index (χ0n) is 17.7. The molecule has 0 unspecified atom stereocenters. The second-order valence-corrected chi connectivity index (χ2v) is 8.49. The molecule has 0 radical (unpaired) electrons. The highest BCUT2D eigenvalue weighted by atomic mass is 35.5. The number of rotatable bonds is 5. The highest BCUT2D eigenvalue weighted by molar-refractivity contribution is 6.30. The summed E-state index contributed by atoms with van der Waals surface area (Å²) in [5, 5.41) is 0.691. The first-order valence-corrected chi connectivity index (χ1v) is 10.8. The molecule has 1 aromatic carbocycles. The van der Waals surface area contributed by atoms with Crippen molar-refractivity contribution >= 4 is 17.5 Å². The molecular weight excluding hydrogens is 416 g/mol. The van der Waals surface area contributed by atoms with Gasteiger partial charge in [-0.1, -0.05) is 23.7 Å². The van der Waals surface area contributed by atoms with Crippen molar-refractivity contribution in [3.8, 4) is 0 Å². The third-order valence-electron chi connectivity index (χ3n) is 5.60. The number of aryl methyl sites for hydroxylation is 2. The van der Waals surface area contributed by atoms with Crippen LogP contribution in [-0.2, 0) is 17.8 Å². The molecule has 0 spiro atoms. The molecule has 3 aromatic rings. The van der Waals surface area contributed by atoms with Gasteiger partial charge in [-0.2, -0.15) is 4.98 Å². The molecule has 0 bridgehead atoms. The van der Waals surface area contributed by atoms with E-state index in [-0.39, 0.29) is 18.4 Å². The minimum Gasteiger partial charge on any atom is -0.445 e. The van der Waals surface area contributed by atoms with E-state index in [1.807, 2.05) is 37.3 Å². The van der Waals surface area contributed by atoms with Crippen molar-refractivity contribution in [2.75, 3.05) is 13.1 Å². The summed E-state index contributed by atoms with van der Waals surface area (Å²) in [6, 6.07) is 9.47. The molecule has 1 atom stereocenters. The third-order valence-corrected chi connectivity index (χ3v) is 5.84. The molecular formula is C23H25ClN4O3. The molecule has 8 heteroatoms. The number of aromatic nitrogens is 3. The van der Waals surface area contributed by atoms with Crippen LogP contribution in [0.25, 0.3) is 0 Å². The maximum Gasteiger partial charge on any atom is 0.348 e. The third kappa shape index (κ3) is 5.05. The predicted molar refractivity (Wildman–Crippen MR) is 117 cm³/mol. The van der Waals surface area contributed by atoms with Crippen molar-refractivity contribution < 1.29 is 9.21 Å². The van der Waals surface area contributed by atoms with Gasteiger partial charge in [0.2, 0.25) is 5.91 Å². The Morgan fingerprint density at radius 3 is 2.90 bits per heavy atom. The Hall–Kier alpha value is -2.93. The van der Waals surface area contributed by atoms with Crippen LogP contribution in [0.4, 0.5) is 0 Å². The van der Waals surface area contributed by atoms with Crippen LogP contribution in [0.3, 0.4) is 0 Å². The van der Waals surface area contributed by atoms with Gasteiger partial charge in [-0.25, -0.2) is 9.78 Å². The number of carbonyl (C=O) groups excluding carboxylic acids is 1. The van der Waals surface area contributed by atoms with E-state index in [2.05, 4.69) is 9.97 Å². The standard InChI is InChI=1S/C23H25ClN4O3/c1-15-9-16(2)28(23(30)26-15)14-21(29)27-8-4-6-18(13-27)22-25-12-20(31-22)11-17-5-3-7-19(24)10-17/h3,5,7,9-10,12,18H,4,6,8,11,13-14H2,1-2H3/t18-/m0/s1. The lowest BCUT2D eigenvalue weighted by atomic mass is 9.98. The molecule has 1 amide bonds. The van der Waals surface area contributed by atoms with Crippen molar-refractivity contribution in [2.45, 2.75) is 45.6 Å². The summed E-state index contributed by atoms with van der Waals surface area (Å²) in [7, 11) is 0. The first-order valence-electron chi connectivity index (χ1n) is 10.4. The highest BCUT2D eigenvalue weighted by Crippen LogP contribution is 2.27. The molecule has 3 heterocycles. The van der Waals surface area contributed by atoms with E-state index < -0.39 is 5.69 Å². The summed E-state index contributed by atoms with van der Waals surface area (Å²) >= 11 is 6.06. The van der Waals surface area contributed by atoms with E-state index >= 15 is 0 Å². The number of benzene rings is 1. The predicted octanol–water partition coefficient (Wildman–Crippen LogP) is 3.50. The Balaban J connectivity index is 1.42. The van der Waals surface area contributed by atoms with Crippen LogP contribution in [0.5, 0.6) is 0 Å². The highest BCUT2D eigenvalue weighted by Gasteiger charge is 2.28. The summed E-state index contributed by atoms with van der Waals surface area (Å²) in [6.07, 6.45) is 4.14. The maximum absolute atomic E-state index is 12.9. The fourth-order valence-corrected chi connectivity index (χ4v) is 4.26. The lowest BCUT2D eigenvalue weighted by Gasteiger charge is -2.31. The van der Waals surface area contributed by atoms with E-state index in [4.69, 9.17) is 16.0 Å². The second-order valence-electron chi connectivity index (χ2n) is 8.06. The molecule has 31 heavy (non-hydrogen) atoms. The number of carbonyl (C=O) groups is 1. The van der Waals surface area contributed by atoms with Gasteiger partial charge in [0, 0.05) is 35.9 Å². The number of halogens is 1. The van der Waals surface area contributed by atoms with E-state index in [0.717, 1.165) is 29.9 Å². The van der Waals surface area contributed by atoms with Gasteiger partial charge < -0.3 is 9.32 Å². The number of nitrogens with zero attached hydrogens (tertiary/aromatic N) is 4. The number of piperidine rings is 1. The SMILES string of the molecule is Cc1cc(C)n(CC(=O)N2CCC[C@H](c3ncc(Cc4cccc(Cl)c4)o3)C2)c(=O)n1. The number of amides is 1. The number of hydrogen-bond donors (Lipinski definition) is 0. The second kappa shape index (κ2) is 9.06. The fraction of sp³-hybridized carbons (Fsp3) is 0.391. The largest absolute Gasteiger partial charge is 0.445 e. The van der Waals surface area contributed by atoms with Gasteiger partial charge in [0.1, 0.15) is 12.3 Å². The van der Waals surface area contributed by atoms with Gasteiger partial charge in [0.15, 0.2) is 5.89 Å². The molecule has 4 rings (SSSR count). The zero-order valence-corrected chi connectivity index (χ0v) is 18.4. The molecule has 0 aliphatic carbocycles. The molecule has 0 N–H and O–H groups in total. The first-order chi connectivity index (χ1) is 14.9. The minimum absolute atomic E-state index is 0.00370. The Kier molecular flexibility index (Phi) is 6.23. The van der Waals surface area contributed by atoms with Crippen LogP contribution >= 0.6 is 11.6 Å². The fourth-order valence-electron chi connectivity index (χ4n) is 4.05. The Labute approximate surface area is 185 Å². The van der Waals surface area contributed by atoms with Crippen LogP contribution in [-0.4, -0.2) is 38.4 Å². The van der Waals surface area contributed by atoms with E-state index in [9.17, 15) is 9.59 Å². The summed E-state index contributed by atoms with van der Waals surface area (Å²) in [5.74, 6) is 1.37. The molecule has 1 aliphatic heterocycles. The number of oxazole rings is 1. The topological polar surface area (TPSA) is 81.2 Å². The molecule has 162 valence electrons. The Morgan fingerprint density at radius 1 is 1.29 bits per heavy atom. The smallest absolute Gasteiger partial charge is 0.348 e. The zero-order chi connectivity index (χ0) is 22.0. The van der Waals surface area contributed by atoms with Gasteiger partial charge in [-0.05, 0) is 50.5 Å². The lowest BCUT2D eigenvalue weighted by molar-refractivity contribution is -0.133. The van der Waals surface area contributed by atoms with Crippen LogP contribution in [0.2, 0.25) is 5.02 Å². The Bertz CT molecular complexity index is 1150. The monoisotopic (exact) mass is 440 g/mol. The molecule has 2 aromatic heterocycles. The van der Waals surface area contributed by atoms with Crippen LogP contribution in [0.1, 0.15) is 47.4 Å². The molecule has 7 nitrogen and oxygen atoms in total. The summed E-state index contributed by atoms with van der Waals surface area (Å²) < 4.78 is 7.43. The molecule has 1 aliphatic rings. The molecule has 1 fully saturated rings. The van der Waals surface area contributed by atoms with Crippen LogP contribution in [0, 0.1) is 13.8 Å². The molecule has 0 saturated carbocycles. The average molecular weight is 441 g/mol. The summed E-state index contributed by atoms with van der Waals surface area (Å²) in [6.45, 7) is 4.78. The quantitative estimate of drug-likeness (QED) is 0.606. The summed E-state index contributed by atoms with van der Waals surface area (Å²) in [4.78, 5) is 35.3. The van der Waals surface area contributed by atoms with E-state index in [0.29, 0.717) is 36.1 Å². The van der Waals surface area contributed by atoms with Crippen molar-refractivity contribution in [3.63, 3.8) is 0 Å². The Morgan fingerprint density at radius 2 is 2.13 bits per heavy atom. The van der Waals surface area contributed by atoms with Gasteiger partial charge in [-0.15, -0.1) is 0 Å². The number of hydrogen-bond acceptors (Lipinski definition) is 5. The minimum atomic E-state index is -0.391. The molecule has 1 saturated heterocycles. The van der Waals surface area contributed by atoms with Crippen molar-refractivity contribution in [2.24, 2.45) is 0 Å². The van der Waals surface area contributed by atoms with E-state index in [1.165, 1.54) is 4.57 Å². The van der Waals surface area contributed by atoms with E-state index in [1.54, 1.807) is 18.0 Å². The first kappa shape index (κ1) is 21.3. The summed E-state index contributed by atoms with van der Waals surface area (Å²) in [5.41, 5.74) is 2.06. The average Bonchev–Trinajstić information content (AvgIpc) is 3.19.